The van der Waals surface area contributed by atoms with Crippen LogP contribution in [-0.4, -0.2) is 18.1 Å². The SMILES string of the molecule is CCN(CC)c1nccc(CN)c1F. The molecular weight excluding hydrogens is 181 g/mol. The molecule has 78 valence electrons. The van der Waals surface area contributed by atoms with Crippen molar-refractivity contribution < 1.29 is 4.39 Å². The normalized spacial score (nSPS) is 10.3. The second-order valence-corrected chi connectivity index (χ2v) is 2.98. The molecule has 0 aliphatic carbocycles. The molecule has 0 fully saturated rings. The van der Waals surface area contributed by atoms with E-state index in [9.17, 15) is 4.39 Å². The molecule has 4 heteroatoms. The van der Waals surface area contributed by atoms with Crippen LogP contribution in [0.25, 0.3) is 0 Å². The predicted molar refractivity (Wildman–Crippen MR) is 55.6 cm³/mol. The molecular formula is C10H16FN3. The standard InChI is InChI=1S/C10H16FN3/c1-3-14(4-2)10-9(11)8(7-12)5-6-13-10/h5-6H,3-4,7,12H2,1-2H3. The van der Waals surface area contributed by atoms with Crippen LogP contribution in [0.5, 0.6) is 0 Å². The summed E-state index contributed by atoms with van der Waals surface area (Å²) in [6.45, 7) is 5.64. The molecule has 0 aliphatic rings. The zero-order valence-electron chi connectivity index (χ0n) is 8.63. The summed E-state index contributed by atoms with van der Waals surface area (Å²) in [7, 11) is 0. The van der Waals surface area contributed by atoms with Crippen LogP contribution in [0.15, 0.2) is 12.3 Å². The van der Waals surface area contributed by atoms with E-state index in [4.69, 9.17) is 5.73 Å². The lowest BCUT2D eigenvalue weighted by Crippen LogP contribution is -2.24. The van der Waals surface area contributed by atoms with Crippen LogP contribution in [-0.2, 0) is 6.54 Å². The lowest BCUT2D eigenvalue weighted by atomic mass is 10.2. The minimum atomic E-state index is -0.293. The van der Waals surface area contributed by atoms with E-state index in [0.29, 0.717) is 11.4 Å². The van der Waals surface area contributed by atoms with E-state index in [1.807, 2.05) is 18.7 Å². The molecule has 1 rings (SSSR count). The topological polar surface area (TPSA) is 42.2 Å². The summed E-state index contributed by atoms with van der Waals surface area (Å²) in [6, 6.07) is 1.61. The Labute approximate surface area is 83.7 Å². The summed E-state index contributed by atoms with van der Waals surface area (Å²) in [4.78, 5) is 5.89. The fourth-order valence-electron chi connectivity index (χ4n) is 1.37. The van der Waals surface area contributed by atoms with Crippen molar-refractivity contribution in [2.75, 3.05) is 18.0 Å². The monoisotopic (exact) mass is 197 g/mol. The molecule has 0 aromatic carbocycles. The fraction of sp³-hybridized carbons (Fsp3) is 0.500. The Hall–Kier alpha value is -1.16. The number of aromatic nitrogens is 1. The van der Waals surface area contributed by atoms with Gasteiger partial charge in [-0.25, -0.2) is 9.37 Å². The molecule has 3 nitrogen and oxygen atoms in total. The van der Waals surface area contributed by atoms with Crippen molar-refractivity contribution in [2.24, 2.45) is 5.73 Å². The van der Waals surface area contributed by atoms with Gasteiger partial charge in [0.25, 0.3) is 0 Å². The third-order valence-corrected chi connectivity index (χ3v) is 2.23. The summed E-state index contributed by atoms with van der Waals surface area (Å²) in [5, 5.41) is 0. The summed E-state index contributed by atoms with van der Waals surface area (Å²) in [6.07, 6.45) is 1.60. The second kappa shape index (κ2) is 4.91. The maximum absolute atomic E-state index is 13.7. The van der Waals surface area contributed by atoms with Gasteiger partial charge in [-0.3, -0.25) is 0 Å². The number of nitrogens with two attached hydrogens (primary N) is 1. The Kier molecular flexibility index (Phi) is 3.83. The van der Waals surface area contributed by atoms with Gasteiger partial charge in [0.2, 0.25) is 0 Å². The van der Waals surface area contributed by atoms with Crippen LogP contribution in [0, 0.1) is 5.82 Å². The Bertz CT molecular complexity index is 297. The van der Waals surface area contributed by atoms with Crippen LogP contribution in [0.4, 0.5) is 10.2 Å². The molecule has 2 N–H and O–H groups in total. The van der Waals surface area contributed by atoms with Gasteiger partial charge in [-0.1, -0.05) is 0 Å². The van der Waals surface area contributed by atoms with Crippen molar-refractivity contribution in [3.8, 4) is 0 Å². The molecule has 0 aliphatic heterocycles. The van der Waals surface area contributed by atoms with E-state index in [-0.39, 0.29) is 12.4 Å². The molecule has 0 unspecified atom stereocenters. The molecule has 0 saturated heterocycles. The van der Waals surface area contributed by atoms with Gasteiger partial charge in [-0.2, -0.15) is 0 Å². The molecule has 0 saturated carbocycles. The van der Waals surface area contributed by atoms with Gasteiger partial charge in [-0.05, 0) is 19.9 Å². The zero-order chi connectivity index (χ0) is 10.6. The van der Waals surface area contributed by atoms with Crippen LogP contribution < -0.4 is 10.6 Å². The molecule has 0 atom stereocenters. The first kappa shape index (κ1) is 10.9. The smallest absolute Gasteiger partial charge is 0.170 e. The van der Waals surface area contributed by atoms with Gasteiger partial charge in [0.05, 0.1) is 0 Å². The lowest BCUT2D eigenvalue weighted by Gasteiger charge is -2.20. The zero-order valence-corrected chi connectivity index (χ0v) is 8.63. The van der Waals surface area contributed by atoms with Crippen LogP contribution in [0.1, 0.15) is 19.4 Å². The van der Waals surface area contributed by atoms with Gasteiger partial charge in [-0.15, -0.1) is 0 Å². The number of halogens is 1. The average molecular weight is 197 g/mol. The van der Waals surface area contributed by atoms with Crippen molar-refractivity contribution in [2.45, 2.75) is 20.4 Å². The van der Waals surface area contributed by atoms with Gasteiger partial charge in [0.1, 0.15) is 0 Å². The van der Waals surface area contributed by atoms with Crippen LogP contribution in [0.2, 0.25) is 0 Å². The molecule has 1 aromatic heterocycles. The Morgan fingerprint density at radius 3 is 2.57 bits per heavy atom. The summed E-state index contributed by atoms with van der Waals surface area (Å²) in [5.74, 6) is 0.108. The van der Waals surface area contributed by atoms with E-state index < -0.39 is 0 Å². The first-order valence-electron chi connectivity index (χ1n) is 4.82. The Balaban J connectivity index is 3.07. The summed E-state index contributed by atoms with van der Waals surface area (Å²) in [5.41, 5.74) is 5.93. The Morgan fingerprint density at radius 2 is 2.07 bits per heavy atom. The highest BCUT2D eigenvalue weighted by Gasteiger charge is 2.12. The van der Waals surface area contributed by atoms with Gasteiger partial charge in [0, 0.05) is 31.4 Å². The first-order valence-corrected chi connectivity index (χ1v) is 4.82. The minimum Gasteiger partial charge on any atom is -0.355 e. The largest absolute Gasteiger partial charge is 0.355 e. The van der Waals surface area contributed by atoms with E-state index in [1.54, 1.807) is 12.3 Å². The van der Waals surface area contributed by atoms with Gasteiger partial charge in [0.15, 0.2) is 11.6 Å². The summed E-state index contributed by atoms with van der Waals surface area (Å²) >= 11 is 0. The first-order chi connectivity index (χ1) is 6.74. The highest BCUT2D eigenvalue weighted by Crippen LogP contribution is 2.18. The summed E-state index contributed by atoms with van der Waals surface area (Å²) < 4.78 is 13.7. The van der Waals surface area contributed by atoms with E-state index >= 15 is 0 Å². The number of anilines is 1. The van der Waals surface area contributed by atoms with Crippen molar-refractivity contribution in [3.63, 3.8) is 0 Å². The molecule has 0 spiro atoms. The van der Waals surface area contributed by atoms with Crippen molar-refractivity contribution in [1.82, 2.24) is 4.98 Å². The highest BCUT2D eigenvalue weighted by molar-refractivity contribution is 5.42. The number of rotatable bonds is 4. The fourth-order valence-corrected chi connectivity index (χ4v) is 1.37. The third kappa shape index (κ3) is 2.01. The van der Waals surface area contributed by atoms with E-state index in [0.717, 1.165) is 13.1 Å². The van der Waals surface area contributed by atoms with Gasteiger partial charge >= 0.3 is 0 Å². The quantitative estimate of drug-likeness (QED) is 0.795. The van der Waals surface area contributed by atoms with Crippen LogP contribution >= 0.6 is 0 Å². The molecule has 1 aromatic rings. The molecule has 0 amide bonds. The van der Waals surface area contributed by atoms with E-state index in [1.165, 1.54) is 0 Å². The second-order valence-electron chi connectivity index (χ2n) is 2.98. The van der Waals surface area contributed by atoms with Crippen molar-refractivity contribution in [1.29, 1.82) is 0 Å². The maximum Gasteiger partial charge on any atom is 0.170 e. The third-order valence-electron chi connectivity index (χ3n) is 2.23. The lowest BCUT2D eigenvalue weighted by molar-refractivity contribution is 0.596. The average Bonchev–Trinajstić information content (AvgIpc) is 2.22. The van der Waals surface area contributed by atoms with Crippen LogP contribution in [0.3, 0.4) is 0 Å². The molecule has 1 heterocycles. The minimum absolute atomic E-state index is 0.211. The molecule has 0 radical (unpaired) electrons. The van der Waals surface area contributed by atoms with E-state index in [2.05, 4.69) is 4.98 Å². The number of nitrogens with zero attached hydrogens (tertiary/aromatic N) is 2. The Morgan fingerprint density at radius 1 is 1.43 bits per heavy atom. The molecule has 14 heavy (non-hydrogen) atoms. The van der Waals surface area contributed by atoms with Crippen molar-refractivity contribution in [3.05, 3.63) is 23.6 Å². The predicted octanol–water partition coefficient (Wildman–Crippen LogP) is 1.53. The highest BCUT2D eigenvalue weighted by atomic mass is 19.1. The number of hydrogen-bond donors (Lipinski definition) is 1. The van der Waals surface area contributed by atoms with Gasteiger partial charge < -0.3 is 10.6 Å². The number of hydrogen-bond acceptors (Lipinski definition) is 3. The number of pyridine rings is 1. The maximum atomic E-state index is 13.7. The molecule has 0 bridgehead atoms. The van der Waals surface area contributed by atoms with Crippen molar-refractivity contribution >= 4 is 5.82 Å².